The molecule has 7 heteroatoms. The van der Waals surface area contributed by atoms with Gasteiger partial charge < -0.3 is 9.88 Å². The fraction of sp³-hybridized carbons (Fsp3) is 0.235. The molecule has 0 saturated heterocycles. The Balaban J connectivity index is 1.46. The fourth-order valence-corrected chi connectivity index (χ4v) is 3.14. The molecule has 4 rings (SSSR count). The molecule has 0 bridgehead atoms. The van der Waals surface area contributed by atoms with Crippen molar-refractivity contribution in [1.82, 2.24) is 24.6 Å². The Morgan fingerprint density at radius 3 is 3.17 bits per heavy atom. The predicted molar refractivity (Wildman–Crippen MR) is 90.4 cm³/mol. The summed E-state index contributed by atoms with van der Waals surface area (Å²) >= 11 is 6.00. The van der Waals surface area contributed by atoms with E-state index in [1.165, 1.54) is 0 Å². The highest BCUT2D eigenvalue weighted by Gasteiger charge is 2.21. The van der Waals surface area contributed by atoms with Crippen LogP contribution in [0.15, 0.2) is 49.1 Å². The number of nitrogens with zero attached hydrogens (tertiary/aromatic N) is 4. The number of benzene rings is 1. The normalized spacial score (nSPS) is 16.6. The predicted octanol–water partition coefficient (Wildman–Crippen LogP) is 2.47. The lowest BCUT2D eigenvalue weighted by atomic mass is 10.1. The first-order valence-electron chi connectivity index (χ1n) is 7.80. The van der Waals surface area contributed by atoms with Crippen molar-refractivity contribution < 1.29 is 4.79 Å². The second-order valence-electron chi connectivity index (χ2n) is 5.86. The number of imidazole rings is 1. The molecule has 0 fully saturated rings. The van der Waals surface area contributed by atoms with Gasteiger partial charge >= 0.3 is 0 Å². The van der Waals surface area contributed by atoms with Crippen LogP contribution in [-0.2, 0) is 13.0 Å². The van der Waals surface area contributed by atoms with E-state index >= 15 is 0 Å². The average Bonchev–Trinajstić information content (AvgIpc) is 3.24. The minimum Gasteiger partial charge on any atom is -0.347 e. The Morgan fingerprint density at radius 2 is 2.29 bits per heavy atom. The van der Waals surface area contributed by atoms with Crippen LogP contribution in [0.3, 0.4) is 0 Å². The zero-order chi connectivity index (χ0) is 16.5. The van der Waals surface area contributed by atoms with Gasteiger partial charge in [0.15, 0.2) is 0 Å². The molecule has 24 heavy (non-hydrogen) atoms. The van der Waals surface area contributed by atoms with Crippen LogP contribution in [0.4, 0.5) is 0 Å². The Morgan fingerprint density at radius 1 is 1.38 bits per heavy atom. The summed E-state index contributed by atoms with van der Waals surface area (Å²) in [6.45, 7) is 0.753. The van der Waals surface area contributed by atoms with Gasteiger partial charge in [0.25, 0.3) is 5.91 Å². The summed E-state index contributed by atoms with van der Waals surface area (Å²) in [4.78, 5) is 16.8. The molecule has 1 aliphatic rings. The monoisotopic (exact) mass is 341 g/mol. The van der Waals surface area contributed by atoms with Crippen molar-refractivity contribution in [2.45, 2.75) is 25.4 Å². The van der Waals surface area contributed by atoms with Gasteiger partial charge in [-0.15, -0.1) is 0 Å². The summed E-state index contributed by atoms with van der Waals surface area (Å²) < 4.78 is 3.74. The molecule has 0 aliphatic carbocycles. The van der Waals surface area contributed by atoms with Crippen molar-refractivity contribution in [3.63, 3.8) is 0 Å². The number of carbonyl (C=O) groups excluding carboxylic acids is 1. The minimum atomic E-state index is -0.114. The topological polar surface area (TPSA) is 64.7 Å². The summed E-state index contributed by atoms with van der Waals surface area (Å²) in [6, 6.07) is 7.45. The molecule has 0 unspecified atom stereocenters. The van der Waals surface area contributed by atoms with E-state index in [2.05, 4.69) is 20.0 Å². The summed E-state index contributed by atoms with van der Waals surface area (Å²) in [5, 5.41) is 7.96. The molecule has 1 amide bonds. The molecule has 0 saturated carbocycles. The second kappa shape index (κ2) is 6.13. The van der Waals surface area contributed by atoms with Crippen LogP contribution in [0.2, 0.25) is 5.02 Å². The van der Waals surface area contributed by atoms with Gasteiger partial charge in [0.2, 0.25) is 0 Å². The Bertz CT molecular complexity index is 885. The number of aryl methyl sites for hydroxylation is 1. The third kappa shape index (κ3) is 2.92. The first-order valence-corrected chi connectivity index (χ1v) is 8.18. The Kier molecular flexibility index (Phi) is 3.82. The number of amides is 1. The third-order valence-electron chi connectivity index (χ3n) is 4.19. The molecule has 3 heterocycles. The van der Waals surface area contributed by atoms with E-state index in [0.717, 1.165) is 30.9 Å². The molecule has 1 atom stereocenters. The van der Waals surface area contributed by atoms with Crippen molar-refractivity contribution in [3.05, 3.63) is 65.5 Å². The molecule has 1 aromatic carbocycles. The SMILES string of the molecule is O=C(N[C@H]1CCc2nccn2C1)c1cnn(-c2cccc(Cl)c2)c1. The van der Waals surface area contributed by atoms with Crippen LogP contribution >= 0.6 is 11.6 Å². The van der Waals surface area contributed by atoms with E-state index in [-0.39, 0.29) is 11.9 Å². The van der Waals surface area contributed by atoms with Gasteiger partial charge in [0.1, 0.15) is 5.82 Å². The van der Waals surface area contributed by atoms with Gasteiger partial charge in [0.05, 0.1) is 17.4 Å². The number of carbonyl (C=O) groups is 1. The van der Waals surface area contributed by atoms with Gasteiger partial charge in [-0.25, -0.2) is 9.67 Å². The van der Waals surface area contributed by atoms with Gasteiger partial charge in [0, 0.05) is 42.6 Å². The molecule has 0 radical (unpaired) electrons. The van der Waals surface area contributed by atoms with Crippen molar-refractivity contribution in [1.29, 1.82) is 0 Å². The molecule has 3 aromatic rings. The fourth-order valence-electron chi connectivity index (χ4n) is 2.95. The molecular weight excluding hydrogens is 326 g/mol. The largest absolute Gasteiger partial charge is 0.347 e. The first kappa shape index (κ1) is 15.0. The number of rotatable bonds is 3. The van der Waals surface area contributed by atoms with E-state index in [9.17, 15) is 4.79 Å². The number of hydrogen-bond donors (Lipinski definition) is 1. The van der Waals surface area contributed by atoms with Crippen LogP contribution in [0.1, 0.15) is 22.6 Å². The minimum absolute atomic E-state index is 0.105. The van der Waals surface area contributed by atoms with Crippen LogP contribution in [0, 0.1) is 0 Å². The number of nitrogens with one attached hydrogen (secondary N) is 1. The summed E-state index contributed by atoms with van der Waals surface area (Å²) in [7, 11) is 0. The van der Waals surface area contributed by atoms with E-state index in [1.807, 2.05) is 18.3 Å². The van der Waals surface area contributed by atoms with Crippen LogP contribution in [0.25, 0.3) is 5.69 Å². The lowest BCUT2D eigenvalue weighted by Gasteiger charge is -2.24. The van der Waals surface area contributed by atoms with Gasteiger partial charge in [-0.1, -0.05) is 17.7 Å². The van der Waals surface area contributed by atoms with Crippen molar-refractivity contribution in [2.75, 3.05) is 0 Å². The van der Waals surface area contributed by atoms with Gasteiger partial charge in [-0.2, -0.15) is 5.10 Å². The average molecular weight is 342 g/mol. The molecule has 2 aromatic heterocycles. The van der Waals surface area contributed by atoms with E-state index in [0.29, 0.717) is 10.6 Å². The van der Waals surface area contributed by atoms with Crippen molar-refractivity contribution >= 4 is 17.5 Å². The van der Waals surface area contributed by atoms with E-state index in [1.54, 1.807) is 35.4 Å². The van der Waals surface area contributed by atoms with Gasteiger partial charge in [-0.05, 0) is 24.6 Å². The van der Waals surface area contributed by atoms with E-state index in [4.69, 9.17) is 11.6 Å². The van der Waals surface area contributed by atoms with Crippen LogP contribution in [0.5, 0.6) is 0 Å². The smallest absolute Gasteiger partial charge is 0.254 e. The molecule has 6 nitrogen and oxygen atoms in total. The standard InChI is InChI=1S/C17H16ClN5O/c18-13-2-1-3-15(8-13)23-10-12(9-20-23)17(24)21-14-4-5-16-19-6-7-22(16)11-14/h1-3,6-10,14H,4-5,11H2,(H,21,24)/t14-/m0/s1. The zero-order valence-corrected chi connectivity index (χ0v) is 13.6. The Labute approximate surface area is 144 Å². The quantitative estimate of drug-likeness (QED) is 0.796. The second-order valence-corrected chi connectivity index (χ2v) is 6.29. The number of fused-ring (bicyclic) bond motifs is 1. The first-order chi connectivity index (χ1) is 11.7. The number of halogens is 1. The highest BCUT2D eigenvalue weighted by molar-refractivity contribution is 6.30. The number of aromatic nitrogens is 4. The van der Waals surface area contributed by atoms with Crippen molar-refractivity contribution in [2.24, 2.45) is 0 Å². The van der Waals surface area contributed by atoms with Crippen LogP contribution < -0.4 is 5.32 Å². The van der Waals surface area contributed by atoms with Gasteiger partial charge in [-0.3, -0.25) is 4.79 Å². The molecule has 122 valence electrons. The Hall–Kier alpha value is -2.60. The van der Waals surface area contributed by atoms with Crippen molar-refractivity contribution in [3.8, 4) is 5.69 Å². The maximum atomic E-state index is 12.5. The van der Waals surface area contributed by atoms with E-state index < -0.39 is 0 Å². The maximum Gasteiger partial charge on any atom is 0.254 e. The maximum absolute atomic E-state index is 12.5. The van der Waals surface area contributed by atoms with Crippen LogP contribution in [-0.4, -0.2) is 31.3 Å². The molecule has 1 aliphatic heterocycles. The molecule has 0 spiro atoms. The molecule has 1 N–H and O–H groups in total. The number of hydrogen-bond acceptors (Lipinski definition) is 3. The highest BCUT2D eigenvalue weighted by atomic mass is 35.5. The lowest BCUT2D eigenvalue weighted by Crippen LogP contribution is -2.40. The lowest BCUT2D eigenvalue weighted by molar-refractivity contribution is 0.0927. The third-order valence-corrected chi connectivity index (χ3v) is 4.42. The summed E-state index contributed by atoms with van der Waals surface area (Å²) in [5.41, 5.74) is 1.36. The zero-order valence-electron chi connectivity index (χ0n) is 12.9. The summed E-state index contributed by atoms with van der Waals surface area (Å²) in [5.74, 6) is 0.964. The molecular formula is C17H16ClN5O. The summed E-state index contributed by atoms with van der Waals surface area (Å²) in [6.07, 6.45) is 8.80. The highest BCUT2D eigenvalue weighted by Crippen LogP contribution is 2.16.